The molecule has 1 fully saturated rings. The van der Waals surface area contributed by atoms with E-state index in [0.717, 1.165) is 10.2 Å². The highest BCUT2D eigenvalue weighted by Gasteiger charge is 2.35. The zero-order valence-corrected chi connectivity index (χ0v) is 15.5. The van der Waals surface area contributed by atoms with E-state index in [4.69, 9.17) is 4.42 Å². The summed E-state index contributed by atoms with van der Waals surface area (Å²) in [5, 5.41) is 5.24. The van der Waals surface area contributed by atoms with Gasteiger partial charge in [-0.15, -0.1) is 0 Å². The Morgan fingerprint density at radius 2 is 2.08 bits per heavy atom. The number of hydrogen-bond acceptors (Lipinski definition) is 4. The molecule has 0 spiro atoms. The van der Waals surface area contributed by atoms with Gasteiger partial charge in [0, 0.05) is 23.1 Å². The fraction of sp³-hybridized carbons (Fsp3) is 0.278. The second-order valence-electron chi connectivity index (χ2n) is 5.96. The smallest absolute Gasteiger partial charge is 0.239 e. The molecular formula is C18H18BrN3O4. The first kappa shape index (κ1) is 18.2. The Bertz CT molecular complexity index is 807. The first-order valence-electron chi connectivity index (χ1n) is 8.15. The van der Waals surface area contributed by atoms with E-state index in [1.807, 2.05) is 24.3 Å². The third kappa shape index (κ3) is 4.51. The standard InChI is InChI=1S/C18H18BrN3O4/c19-13-3-1-4-14(8-13)22-11-12(7-17(22)24)18(25)21-10-16(23)20-9-15-5-2-6-26-15/h1-6,8,12H,7,9-11H2,(H,20,23)(H,21,25)/t12-/m1/s1. The van der Waals surface area contributed by atoms with Crippen LogP contribution in [0.3, 0.4) is 0 Å². The monoisotopic (exact) mass is 419 g/mol. The molecule has 3 amide bonds. The highest BCUT2D eigenvalue weighted by atomic mass is 79.9. The van der Waals surface area contributed by atoms with E-state index in [9.17, 15) is 14.4 Å². The lowest BCUT2D eigenvalue weighted by Crippen LogP contribution is -2.40. The second kappa shape index (κ2) is 8.18. The van der Waals surface area contributed by atoms with E-state index >= 15 is 0 Å². The summed E-state index contributed by atoms with van der Waals surface area (Å²) in [7, 11) is 0. The van der Waals surface area contributed by atoms with Gasteiger partial charge in [0.25, 0.3) is 0 Å². The van der Waals surface area contributed by atoms with E-state index in [0.29, 0.717) is 12.3 Å². The lowest BCUT2D eigenvalue weighted by Gasteiger charge is -2.17. The number of hydrogen-bond donors (Lipinski definition) is 2. The summed E-state index contributed by atoms with van der Waals surface area (Å²) >= 11 is 3.37. The number of nitrogens with one attached hydrogen (secondary N) is 2. The summed E-state index contributed by atoms with van der Waals surface area (Å²) < 4.78 is 5.98. The molecule has 8 heteroatoms. The predicted octanol–water partition coefficient (Wildman–Crippen LogP) is 1.83. The number of nitrogens with zero attached hydrogens (tertiary/aromatic N) is 1. The summed E-state index contributed by atoms with van der Waals surface area (Å²) in [5.41, 5.74) is 0.746. The highest BCUT2D eigenvalue weighted by Crippen LogP contribution is 2.27. The Morgan fingerprint density at radius 1 is 1.23 bits per heavy atom. The van der Waals surface area contributed by atoms with Crippen LogP contribution in [0.25, 0.3) is 0 Å². The number of carbonyl (C=O) groups excluding carboxylic acids is 3. The van der Waals surface area contributed by atoms with Gasteiger partial charge in [0.1, 0.15) is 5.76 Å². The van der Waals surface area contributed by atoms with Crippen LogP contribution in [-0.2, 0) is 20.9 Å². The van der Waals surface area contributed by atoms with Gasteiger partial charge in [0.05, 0.1) is 25.3 Å². The highest BCUT2D eigenvalue weighted by molar-refractivity contribution is 9.10. The first-order chi connectivity index (χ1) is 12.5. The Balaban J connectivity index is 1.48. The lowest BCUT2D eigenvalue weighted by atomic mass is 10.1. The van der Waals surface area contributed by atoms with Gasteiger partial charge in [-0.1, -0.05) is 22.0 Å². The molecule has 1 aliphatic heterocycles. The van der Waals surface area contributed by atoms with E-state index in [2.05, 4.69) is 26.6 Å². The summed E-state index contributed by atoms with van der Waals surface area (Å²) in [5.74, 6) is -0.562. The van der Waals surface area contributed by atoms with Crippen molar-refractivity contribution in [3.63, 3.8) is 0 Å². The molecule has 2 aromatic rings. The van der Waals surface area contributed by atoms with Gasteiger partial charge in [0.2, 0.25) is 17.7 Å². The van der Waals surface area contributed by atoms with Gasteiger partial charge in [-0.25, -0.2) is 0 Å². The third-order valence-corrected chi connectivity index (χ3v) is 4.57. The average molecular weight is 420 g/mol. The number of benzene rings is 1. The number of carbonyl (C=O) groups is 3. The van der Waals surface area contributed by atoms with Crippen LogP contribution in [0.5, 0.6) is 0 Å². The van der Waals surface area contributed by atoms with Crippen molar-refractivity contribution < 1.29 is 18.8 Å². The topological polar surface area (TPSA) is 91.7 Å². The maximum absolute atomic E-state index is 12.3. The molecule has 2 heterocycles. The average Bonchev–Trinajstić information content (AvgIpc) is 3.27. The molecule has 0 saturated carbocycles. The van der Waals surface area contributed by atoms with Crippen molar-refractivity contribution in [2.24, 2.45) is 5.92 Å². The van der Waals surface area contributed by atoms with Crippen LogP contribution in [0.2, 0.25) is 0 Å². The first-order valence-corrected chi connectivity index (χ1v) is 8.95. The van der Waals surface area contributed by atoms with E-state index in [-0.39, 0.29) is 37.2 Å². The zero-order valence-electron chi connectivity index (χ0n) is 13.9. The van der Waals surface area contributed by atoms with Gasteiger partial charge >= 0.3 is 0 Å². The summed E-state index contributed by atoms with van der Waals surface area (Å²) in [6.07, 6.45) is 1.66. The fourth-order valence-electron chi connectivity index (χ4n) is 2.75. The molecule has 7 nitrogen and oxygen atoms in total. The Kier molecular flexibility index (Phi) is 5.72. The van der Waals surface area contributed by atoms with Gasteiger partial charge < -0.3 is 20.0 Å². The maximum atomic E-state index is 12.3. The SMILES string of the molecule is O=C(CNC(=O)[C@@H]1CC(=O)N(c2cccc(Br)c2)C1)NCc1ccco1. The zero-order chi connectivity index (χ0) is 18.5. The molecule has 2 N–H and O–H groups in total. The molecule has 0 radical (unpaired) electrons. The Labute approximate surface area is 158 Å². The van der Waals surface area contributed by atoms with Crippen LogP contribution < -0.4 is 15.5 Å². The molecule has 1 aromatic heterocycles. The number of halogens is 1. The normalized spacial score (nSPS) is 16.6. The van der Waals surface area contributed by atoms with Gasteiger partial charge in [-0.05, 0) is 30.3 Å². The lowest BCUT2D eigenvalue weighted by molar-refractivity contribution is -0.129. The van der Waals surface area contributed by atoms with E-state index in [1.165, 1.54) is 6.26 Å². The second-order valence-corrected chi connectivity index (χ2v) is 6.87. The van der Waals surface area contributed by atoms with Crippen LogP contribution in [-0.4, -0.2) is 30.8 Å². The quantitative estimate of drug-likeness (QED) is 0.746. The van der Waals surface area contributed by atoms with Crippen LogP contribution in [0.15, 0.2) is 51.6 Å². The van der Waals surface area contributed by atoms with Crippen molar-refractivity contribution in [1.82, 2.24) is 10.6 Å². The molecule has 1 aliphatic rings. The molecule has 0 unspecified atom stereocenters. The molecule has 136 valence electrons. The summed E-state index contributed by atoms with van der Waals surface area (Å²) in [6, 6.07) is 10.8. The van der Waals surface area contributed by atoms with Crippen molar-refractivity contribution in [3.05, 3.63) is 52.9 Å². The Hall–Kier alpha value is -2.61. The van der Waals surface area contributed by atoms with Gasteiger partial charge in [0.15, 0.2) is 0 Å². The van der Waals surface area contributed by atoms with E-state index in [1.54, 1.807) is 17.0 Å². The molecular weight excluding hydrogens is 402 g/mol. The van der Waals surface area contributed by atoms with Crippen LogP contribution in [0.4, 0.5) is 5.69 Å². The van der Waals surface area contributed by atoms with Crippen LogP contribution in [0, 0.1) is 5.92 Å². The number of rotatable bonds is 6. The molecule has 3 rings (SSSR count). The summed E-state index contributed by atoms with van der Waals surface area (Å²) in [4.78, 5) is 37.9. The molecule has 26 heavy (non-hydrogen) atoms. The Morgan fingerprint density at radius 3 is 2.81 bits per heavy atom. The molecule has 1 atom stereocenters. The largest absolute Gasteiger partial charge is 0.467 e. The predicted molar refractivity (Wildman–Crippen MR) is 98.2 cm³/mol. The molecule has 0 bridgehead atoms. The van der Waals surface area contributed by atoms with Crippen molar-refractivity contribution in [2.75, 3.05) is 18.0 Å². The van der Waals surface area contributed by atoms with Crippen molar-refractivity contribution >= 4 is 39.3 Å². The molecule has 1 aromatic carbocycles. The minimum Gasteiger partial charge on any atom is -0.467 e. The van der Waals surface area contributed by atoms with E-state index < -0.39 is 5.92 Å². The van der Waals surface area contributed by atoms with Crippen molar-refractivity contribution in [1.29, 1.82) is 0 Å². The number of amides is 3. The number of furan rings is 1. The number of anilines is 1. The molecule has 0 aliphatic carbocycles. The van der Waals surface area contributed by atoms with Crippen molar-refractivity contribution in [2.45, 2.75) is 13.0 Å². The maximum Gasteiger partial charge on any atom is 0.239 e. The fourth-order valence-corrected chi connectivity index (χ4v) is 3.14. The van der Waals surface area contributed by atoms with Crippen LogP contribution in [0.1, 0.15) is 12.2 Å². The summed E-state index contributed by atoms with van der Waals surface area (Å²) in [6.45, 7) is 0.427. The molecule has 1 saturated heterocycles. The third-order valence-electron chi connectivity index (χ3n) is 4.08. The minimum atomic E-state index is -0.473. The van der Waals surface area contributed by atoms with Gasteiger partial charge in [-0.3, -0.25) is 14.4 Å². The minimum absolute atomic E-state index is 0.106. The van der Waals surface area contributed by atoms with Crippen molar-refractivity contribution in [3.8, 4) is 0 Å². The van der Waals surface area contributed by atoms with Gasteiger partial charge in [-0.2, -0.15) is 0 Å². The van der Waals surface area contributed by atoms with Crippen LogP contribution >= 0.6 is 15.9 Å².